The Balaban J connectivity index is 3.63. The molecular formula is C6H4Cl2N2O3. The van der Waals surface area contributed by atoms with Gasteiger partial charge in [-0.3, -0.25) is 14.9 Å². The van der Waals surface area contributed by atoms with Crippen molar-refractivity contribution in [2.24, 2.45) is 0 Å². The first-order valence-electron chi connectivity index (χ1n) is 3.17. The monoisotopic (exact) mass is 222 g/mol. The number of aromatic nitrogens is 1. The Morgan fingerprint density at radius 1 is 1.38 bits per heavy atom. The molecule has 1 aromatic heterocycles. The molecule has 0 aliphatic carbocycles. The van der Waals surface area contributed by atoms with E-state index in [9.17, 15) is 14.9 Å². The molecule has 1 N–H and O–H groups in total. The summed E-state index contributed by atoms with van der Waals surface area (Å²) in [6.07, 6.45) is 0. The standard InChI is InChI=1S/C6H4Cl2N2O3/c1-2-3(7)4(8)5(10(12)13)6(11)9-2/h1H3,(H,9,11). The van der Waals surface area contributed by atoms with Gasteiger partial charge in [-0.25, -0.2) is 0 Å². The molecule has 0 aliphatic heterocycles. The molecule has 70 valence electrons. The summed E-state index contributed by atoms with van der Waals surface area (Å²) in [5, 5.41) is 10.0. The van der Waals surface area contributed by atoms with Crippen LogP contribution in [0.25, 0.3) is 0 Å². The van der Waals surface area contributed by atoms with Gasteiger partial charge in [0.2, 0.25) is 0 Å². The minimum Gasteiger partial charge on any atom is -0.319 e. The van der Waals surface area contributed by atoms with Crippen LogP contribution < -0.4 is 5.56 Å². The summed E-state index contributed by atoms with van der Waals surface area (Å²) in [6.45, 7) is 1.50. The van der Waals surface area contributed by atoms with E-state index in [0.29, 0.717) is 5.69 Å². The van der Waals surface area contributed by atoms with E-state index in [0.717, 1.165) is 0 Å². The Morgan fingerprint density at radius 3 is 2.38 bits per heavy atom. The van der Waals surface area contributed by atoms with Gasteiger partial charge < -0.3 is 4.98 Å². The first-order valence-corrected chi connectivity index (χ1v) is 3.93. The predicted octanol–water partition coefficient (Wildman–Crippen LogP) is 1.90. The van der Waals surface area contributed by atoms with Crippen LogP contribution in [0.15, 0.2) is 4.79 Å². The van der Waals surface area contributed by atoms with E-state index in [1.165, 1.54) is 6.92 Å². The molecule has 1 heterocycles. The molecule has 0 spiro atoms. The van der Waals surface area contributed by atoms with Crippen LogP contribution in [0.3, 0.4) is 0 Å². The van der Waals surface area contributed by atoms with Crippen molar-refractivity contribution in [2.75, 3.05) is 0 Å². The van der Waals surface area contributed by atoms with Crippen molar-refractivity contribution in [3.63, 3.8) is 0 Å². The summed E-state index contributed by atoms with van der Waals surface area (Å²) in [5.74, 6) is 0. The second kappa shape index (κ2) is 3.35. The van der Waals surface area contributed by atoms with E-state index in [1.807, 2.05) is 0 Å². The van der Waals surface area contributed by atoms with Gasteiger partial charge in [0.05, 0.1) is 9.95 Å². The molecule has 0 atom stereocenters. The van der Waals surface area contributed by atoms with E-state index >= 15 is 0 Å². The molecule has 0 bridgehead atoms. The lowest BCUT2D eigenvalue weighted by atomic mass is 10.3. The number of rotatable bonds is 1. The fraction of sp³-hybridized carbons (Fsp3) is 0.167. The molecule has 1 rings (SSSR count). The highest BCUT2D eigenvalue weighted by Crippen LogP contribution is 2.29. The number of aryl methyl sites for hydroxylation is 1. The number of halogens is 2. The Kier molecular flexibility index (Phi) is 2.58. The minimum atomic E-state index is -0.869. The molecule has 0 unspecified atom stereocenters. The van der Waals surface area contributed by atoms with Crippen LogP contribution in [-0.4, -0.2) is 9.91 Å². The van der Waals surface area contributed by atoms with E-state index in [2.05, 4.69) is 4.98 Å². The fourth-order valence-corrected chi connectivity index (χ4v) is 1.25. The second-order valence-corrected chi connectivity index (χ2v) is 3.07. The van der Waals surface area contributed by atoms with Gasteiger partial charge in [0.25, 0.3) is 0 Å². The van der Waals surface area contributed by atoms with Gasteiger partial charge in [0.1, 0.15) is 5.02 Å². The first kappa shape index (κ1) is 10.0. The normalized spacial score (nSPS) is 10.1. The molecule has 1 aromatic rings. The second-order valence-electron chi connectivity index (χ2n) is 2.31. The molecule has 0 saturated heterocycles. The number of aromatic amines is 1. The first-order chi connectivity index (χ1) is 5.95. The molecule has 0 aromatic carbocycles. The highest BCUT2D eigenvalue weighted by molar-refractivity contribution is 6.43. The van der Waals surface area contributed by atoms with Crippen molar-refractivity contribution in [1.29, 1.82) is 0 Å². The van der Waals surface area contributed by atoms with Crippen LogP contribution in [0.4, 0.5) is 5.69 Å². The van der Waals surface area contributed by atoms with Gasteiger partial charge in [0.15, 0.2) is 0 Å². The summed E-state index contributed by atoms with van der Waals surface area (Å²) in [6, 6.07) is 0. The Labute approximate surface area is 82.4 Å². The van der Waals surface area contributed by atoms with Crippen LogP contribution in [0, 0.1) is 17.0 Å². The maximum absolute atomic E-state index is 11.0. The van der Waals surface area contributed by atoms with E-state index in [-0.39, 0.29) is 10.0 Å². The van der Waals surface area contributed by atoms with Crippen molar-refractivity contribution in [3.05, 3.63) is 36.2 Å². The average Bonchev–Trinajstić information content (AvgIpc) is 1.99. The summed E-state index contributed by atoms with van der Waals surface area (Å²) < 4.78 is 0. The summed E-state index contributed by atoms with van der Waals surface area (Å²) >= 11 is 11.1. The summed E-state index contributed by atoms with van der Waals surface area (Å²) in [4.78, 5) is 22.7. The third-order valence-corrected chi connectivity index (χ3v) is 2.37. The maximum atomic E-state index is 11.0. The highest BCUT2D eigenvalue weighted by atomic mass is 35.5. The highest BCUT2D eigenvalue weighted by Gasteiger charge is 2.22. The lowest BCUT2D eigenvalue weighted by molar-refractivity contribution is -0.386. The molecule has 13 heavy (non-hydrogen) atoms. The van der Waals surface area contributed by atoms with Gasteiger partial charge in [-0.15, -0.1) is 0 Å². The molecule has 0 amide bonds. The number of nitro groups is 1. The largest absolute Gasteiger partial charge is 0.353 e. The fourth-order valence-electron chi connectivity index (χ4n) is 0.816. The van der Waals surface area contributed by atoms with Crippen molar-refractivity contribution in [1.82, 2.24) is 4.98 Å². The average molecular weight is 223 g/mol. The number of H-pyrrole nitrogens is 1. The minimum absolute atomic E-state index is 0.00651. The van der Waals surface area contributed by atoms with Gasteiger partial charge in [0, 0.05) is 5.69 Å². The number of nitrogens with zero attached hydrogens (tertiary/aromatic N) is 1. The van der Waals surface area contributed by atoms with Crippen LogP contribution in [-0.2, 0) is 0 Å². The van der Waals surface area contributed by atoms with Crippen molar-refractivity contribution in [3.8, 4) is 0 Å². The van der Waals surface area contributed by atoms with Crippen LogP contribution in [0.1, 0.15) is 5.69 Å². The Morgan fingerprint density at radius 2 is 1.92 bits per heavy atom. The number of hydrogen-bond donors (Lipinski definition) is 1. The third-order valence-electron chi connectivity index (χ3n) is 1.43. The molecule has 0 radical (unpaired) electrons. The van der Waals surface area contributed by atoms with E-state index < -0.39 is 16.2 Å². The van der Waals surface area contributed by atoms with Gasteiger partial charge in [-0.05, 0) is 6.92 Å². The molecule has 0 fully saturated rings. The zero-order chi connectivity index (χ0) is 10.2. The third kappa shape index (κ3) is 1.66. The van der Waals surface area contributed by atoms with E-state index in [1.54, 1.807) is 0 Å². The van der Waals surface area contributed by atoms with Crippen molar-refractivity contribution < 1.29 is 4.92 Å². The lowest BCUT2D eigenvalue weighted by Crippen LogP contribution is -2.13. The van der Waals surface area contributed by atoms with Gasteiger partial charge in [-0.1, -0.05) is 23.2 Å². The molecular weight excluding hydrogens is 219 g/mol. The quantitative estimate of drug-likeness (QED) is 0.583. The predicted molar refractivity (Wildman–Crippen MR) is 48.5 cm³/mol. The van der Waals surface area contributed by atoms with Crippen LogP contribution >= 0.6 is 23.2 Å². The van der Waals surface area contributed by atoms with Crippen LogP contribution in [0.5, 0.6) is 0 Å². The van der Waals surface area contributed by atoms with Crippen molar-refractivity contribution >= 4 is 28.9 Å². The zero-order valence-corrected chi connectivity index (χ0v) is 7.94. The molecule has 5 nitrogen and oxygen atoms in total. The maximum Gasteiger partial charge on any atom is 0.353 e. The summed E-state index contributed by atoms with van der Waals surface area (Å²) in [5.41, 5.74) is -1.27. The smallest absolute Gasteiger partial charge is 0.319 e. The van der Waals surface area contributed by atoms with Gasteiger partial charge in [-0.2, -0.15) is 0 Å². The lowest BCUT2D eigenvalue weighted by Gasteiger charge is -1.99. The van der Waals surface area contributed by atoms with E-state index in [4.69, 9.17) is 23.2 Å². The van der Waals surface area contributed by atoms with Gasteiger partial charge >= 0.3 is 11.2 Å². The van der Waals surface area contributed by atoms with Crippen LogP contribution in [0.2, 0.25) is 10.0 Å². The number of nitrogens with one attached hydrogen (secondary N) is 1. The number of pyridine rings is 1. The summed E-state index contributed by atoms with van der Waals surface area (Å²) in [7, 11) is 0. The zero-order valence-electron chi connectivity index (χ0n) is 6.43. The molecule has 0 aliphatic rings. The molecule has 7 heteroatoms. The Hall–Kier alpha value is -1.07. The Bertz CT molecular complexity index is 427. The topological polar surface area (TPSA) is 76.0 Å². The molecule has 0 saturated carbocycles. The SMILES string of the molecule is Cc1[nH]c(=O)c([N+](=O)[O-])c(Cl)c1Cl. The van der Waals surface area contributed by atoms with Crippen molar-refractivity contribution in [2.45, 2.75) is 6.92 Å². The number of hydrogen-bond acceptors (Lipinski definition) is 3.